The van der Waals surface area contributed by atoms with Gasteiger partial charge in [0.15, 0.2) is 0 Å². The second-order valence-corrected chi connectivity index (χ2v) is 6.12. The minimum absolute atomic E-state index is 0.0314. The molecule has 1 fully saturated rings. The summed E-state index contributed by atoms with van der Waals surface area (Å²) in [6, 6.07) is 1.97. The first-order chi connectivity index (χ1) is 12.0. The van der Waals surface area contributed by atoms with Crippen LogP contribution in [0, 0.1) is 25.2 Å². The molecule has 0 radical (unpaired) electrons. The van der Waals surface area contributed by atoms with E-state index in [0.717, 1.165) is 24.2 Å². The van der Waals surface area contributed by atoms with Crippen molar-refractivity contribution >= 4 is 5.91 Å². The number of aromatic nitrogens is 4. The summed E-state index contributed by atoms with van der Waals surface area (Å²) in [5.41, 5.74) is 2.39. The van der Waals surface area contributed by atoms with E-state index in [9.17, 15) is 4.79 Å². The molecule has 2 aromatic rings. The van der Waals surface area contributed by atoms with Gasteiger partial charge in [0.05, 0.1) is 17.8 Å². The molecule has 8 heteroatoms. The van der Waals surface area contributed by atoms with Crippen molar-refractivity contribution in [1.29, 1.82) is 5.26 Å². The van der Waals surface area contributed by atoms with E-state index in [0.29, 0.717) is 18.7 Å². The van der Waals surface area contributed by atoms with Crippen molar-refractivity contribution in [3.8, 4) is 11.9 Å². The quantitative estimate of drug-likeness (QED) is 0.837. The fourth-order valence-corrected chi connectivity index (χ4v) is 3.11. The molecule has 8 nitrogen and oxygen atoms in total. The lowest BCUT2D eigenvalue weighted by Gasteiger charge is -2.32. The number of hydrogen-bond acceptors (Lipinski definition) is 6. The van der Waals surface area contributed by atoms with Crippen molar-refractivity contribution in [2.24, 2.45) is 7.05 Å². The zero-order valence-electron chi connectivity index (χ0n) is 14.6. The van der Waals surface area contributed by atoms with Crippen LogP contribution in [-0.2, 0) is 7.05 Å². The molecule has 1 aliphatic heterocycles. The molecule has 0 N–H and O–H groups in total. The molecule has 0 saturated carbocycles. The molecule has 0 unspecified atom stereocenters. The van der Waals surface area contributed by atoms with Crippen molar-refractivity contribution in [3.05, 3.63) is 35.0 Å². The summed E-state index contributed by atoms with van der Waals surface area (Å²) < 4.78 is 7.57. The molecular formula is C17H20N6O2. The van der Waals surface area contributed by atoms with Gasteiger partial charge in [-0.1, -0.05) is 0 Å². The maximum absolute atomic E-state index is 12.9. The molecule has 1 aliphatic rings. The fourth-order valence-electron chi connectivity index (χ4n) is 3.11. The van der Waals surface area contributed by atoms with Gasteiger partial charge in [-0.05, 0) is 26.7 Å². The number of hydrogen-bond donors (Lipinski definition) is 0. The zero-order valence-corrected chi connectivity index (χ0v) is 14.6. The molecule has 3 heterocycles. The van der Waals surface area contributed by atoms with Crippen LogP contribution in [0.5, 0.6) is 5.88 Å². The van der Waals surface area contributed by atoms with Crippen molar-refractivity contribution in [1.82, 2.24) is 24.6 Å². The Labute approximate surface area is 146 Å². The normalized spacial score (nSPS) is 17.2. The number of amides is 1. The molecule has 1 amide bonds. The van der Waals surface area contributed by atoms with Gasteiger partial charge in [-0.2, -0.15) is 10.4 Å². The number of carbonyl (C=O) groups is 1. The summed E-state index contributed by atoms with van der Waals surface area (Å²) >= 11 is 0. The Balaban J connectivity index is 1.75. The van der Waals surface area contributed by atoms with Gasteiger partial charge in [0.25, 0.3) is 11.8 Å². The molecule has 1 atom stereocenters. The van der Waals surface area contributed by atoms with E-state index in [1.165, 1.54) is 12.4 Å². The van der Waals surface area contributed by atoms with Crippen LogP contribution in [0.4, 0.5) is 0 Å². The van der Waals surface area contributed by atoms with E-state index in [1.54, 1.807) is 9.58 Å². The van der Waals surface area contributed by atoms with Crippen molar-refractivity contribution in [3.63, 3.8) is 0 Å². The van der Waals surface area contributed by atoms with Crippen LogP contribution in [0.15, 0.2) is 12.4 Å². The Morgan fingerprint density at radius 2 is 2.12 bits per heavy atom. The summed E-state index contributed by atoms with van der Waals surface area (Å²) in [5, 5.41) is 13.4. The third kappa shape index (κ3) is 3.31. The number of nitriles is 1. The van der Waals surface area contributed by atoms with Crippen LogP contribution in [0.2, 0.25) is 0 Å². The second kappa shape index (κ2) is 6.89. The molecule has 3 rings (SSSR count). The average molecular weight is 340 g/mol. The number of aryl methyl sites for hydroxylation is 2. The van der Waals surface area contributed by atoms with Crippen LogP contribution in [0.3, 0.4) is 0 Å². The van der Waals surface area contributed by atoms with E-state index in [2.05, 4.69) is 15.1 Å². The summed E-state index contributed by atoms with van der Waals surface area (Å²) in [4.78, 5) is 22.7. The monoisotopic (exact) mass is 340 g/mol. The molecule has 0 aliphatic carbocycles. The first kappa shape index (κ1) is 16.9. The van der Waals surface area contributed by atoms with E-state index < -0.39 is 0 Å². The van der Waals surface area contributed by atoms with Crippen LogP contribution < -0.4 is 4.74 Å². The SMILES string of the molecule is Cc1nn(C)c(C)c1C(=O)N1CCC[C@@H](Oc2nccnc2C#N)C1. The van der Waals surface area contributed by atoms with Gasteiger partial charge >= 0.3 is 0 Å². The van der Waals surface area contributed by atoms with Crippen LogP contribution in [0.1, 0.15) is 40.3 Å². The lowest BCUT2D eigenvalue weighted by molar-refractivity contribution is 0.0524. The number of rotatable bonds is 3. The highest BCUT2D eigenvalue weighted by Crippen LogP contribution is 2.22. The van der Waals surface area contributed by atoms with E-state index in [-0.39, 0.29) is 23.6 Å². The highest BCUT2D eigenvalue weighted by Gasteiger charge is 2.29. The second-order valence-electron chi connectivity index (χ2n) is 6.12. The summed E-state index contributed by atoms with van der Waals surface area (Å²) in [7, 11) is 1.83. The van der Waals surface area contributed by atoms with Gasteiger partial charge in [0.1, 0.15) is 12.2 Å². The number of ether oxygens (including phenoxy) is 1. The number of carbonyl (C=O) groups excluding carboxylic acids is 1. The lowest BCUT2D eigenvalue weighted by Crippen LogP contribution is -2.44. The first-order valence-electron chi connectivity index (χ1n) is 8.18. The minimum Gasteiger partial charge on any atom is -0.470 e. The number of nitrogens with zero attached hydrogens (tertiary/aromatic N) is 6. The Morgan fingerprint density at radius 1 is 1.36 bits per heavy atom. The molecule has 0 bridgehead atoms. The van der Waals surface area contributed by atoms with Gasteiger partial charge in [-0.25, -0.2) is 9.97 Å². The summed E-state index contributed by atoms with van der Waals surface area (Å²) in [5.74, 6) is 0.189. The Kier molecular flexibility index (Phi) is 4.65. The third-order valence-electron chi connectivity index (χ3n) is 4.44. The van der Waals surface area contributed by atoms with Gasteiger partial charge in [-0.15, -0.1) is 0 Å². The maximum Gasteiger partial charge on any atom is 0.257 e. The predicted octanol–water partition coefficient (Wildman–Crippen LogP) is 1.38. The predicted molar refractivity (Wildman–Crippen MR) is 89.0 cm³/mol. The molecule has 130 valence electrons. The standard InChI is InChI=1S/C17H20N6O2/c1-11-15(12(2)22(3)21-11)17(24)23-8-4-5-13(10-23)25-16-14(9-18)19-6-7-20-16/h6-7,13H,4-5,8,10H2,1-3H3/t13-/m1/s1. The molecule has 1 saturated heterocycles. The molecule has 0 spiro atoms. The lowest BCUT2D eigenvalue weighted by atomic mass is 10.1. The fraction of sp³-hybridized carbons (Fsp3) is 0.471. The van der Waals surface area contributed by atoms with Crippen LogP contribution >= 0.6 is 0 Å². The largest absolute Gasteiger partial charge is 0.470 e. The maximum atomic E-state index is 12.9. The molecule has 0 aromatic carbocycles. The van der Waals surface area contributed by atoms with E-state index >= 15 is 0 Å². The smallest absolute Gasteiger partial charge is 0.257 e. The van der Waals surface area contributed by atoms with Gasteiger partial charge in [0.2, 0.25) is 5.69 Å². The third-order valence-corrected chi connectivity index (χ3v) is 4.44. The molecular weight excluding hydrogens is 320 g/mol. The van der Waals surface area contributed by atoms with E-state index in [1.807, 2.05) is 27.0 Å². The van der Waals surface area contributed by atoms with Crippen molar-refractivity contribution in [2.45, 2.75) is 32.8 Å². The highest BCUT2D eigenvalue weighted by atomic mass is 16.5. The summed E-state index contributed by atoms with van der Waals surface area (Å²) in [6.45, 7) is 4.87. The van der Waals surface area contributed by atoms with Gasteiger partial charge < -0.3 is 9.64 Å². The van der Waals surface area contributed by atoms with Gasteiger partial charge in [0, 0.05) is 31.7 Å². The average Bonchev–Trinajstić information content (AvgIpc) is 2.87. The minimum atomic E-state index is -0.209. The zero-order chi connectivity index (χ0) is 18.0. The van der Waals surface area contributed by atoms with Gasteiger partial charge in [-0.3, -0.25) is 9.48 Å². The van der Waals surface area contributed by atoms with Crippen LogP contribution in [-0.4, -0.2) is 49.7 Å². The highest BCUT2D eigenvalue weighted by molar-refractivity contribution is 5.96. The topological polar surface area (TPSA) is 96.9 Å². The number of piperidine rings is 1. The number of likely N-dealkylation sites (tertiary alicyclic amines) is 1. The first-order valence-corrected chi connectivity index (χ1v) is 8.18. The Bertz CT molecular complexity index is 838. The Morgan fingerprint density at radius 3 is 2.80 bits per heavy atom. The van der Waals surface area contributed by atoms with Crippen LogP contribution in [0.25, 0.3) is 0 Å². The van der Waals surface area contributed by atoms with E-state index in [4.69, 9.17) is 10.00 Å². The summed E-state index contributed by atoms with van der Waals surface area (Å²) in [6.07, 6.45) is 4.37. The molecule has 2 aromatic heterocycles. The Hall–Kier alpha value is -2.95. The van der Waals surface area contributed by atoms with Crippen molar-refractivity contribution < 1.29 is 9.53 Å². The van der Waals surface area contributed by atoms with Crippen molar-refractivity contribution in [2.75, 3.05) is 13.1 Å². The molecule has 25 heavy (non-hydrogen) atoms.